The van der Waals surface area contributed by atoms with Crippen LogP contribution >= 0.6 is 0 Å². The van der Waals surface area contributed by atoms with Gasteiger partial charge in [-0.15, -0.1) is 0 Å². The molecule has 1 aliphatic rings. The molecule has 1 fully saturated rings. The minimum Gasteiger partial charge on any atom is -0.336 e. The zero-order chi connectivity index (χ0) is 9.84. The second-order valence-electron chi connectivity index (χ2n) is 3.96. The van der Waals surface area contributed by atoms with Gasteiger partial charge in [-0.25, -0.2) is 0 Å². The van der Waals surface area contributed by atoms with Crippen molar-refractivity contribution in [2.45, 2.75) is 45.2 Å². The number of likely N-dealkylation sites (tertiary alicyclic amines) is 1. The summed E-state index contributed by atoms with van der Waals surface area (Å²) in [6.07, 6.45) is 3.56. The van der Waals surface area contributed by atoms with Crippen molar-refractivity contribution in [1.29, 1.82) is 0 Å². The van der Waals surface area contributed by atoms with E-state index >= 15 is 0 Å². The first-order chi connectivity index (χ1) is 6.16. The molecule has 1 heterocycles. The quantitative estimate of drug-likeness (QED) is 0.694. The molecule has 1 N–H and O–H groups in total. The van der Waals surface area contributed by atoms with Crippen molar-refractivity contribution < 1.29 is 4.79 Å². The number of nitrogens with zero attached hydrogens (tertiary/aromatic N) is 1. The first-order valence-electron chi connectivity index (χ1n) is 5.12. The number of carbonyl (C=O) groups excluding carboxylic acids is 1. The monoisotopic (exact) mass is 184 g/mol. The largest absolute Gasteiger partial charge is 0.336 e. The van der Waals surface area contributed by atoms with Crippen LogP contribution in [0.1, 0.15) is 33.1 Å². The Bertz CT molecular complexity index is 172. The number of hydrogen-bond acceptors (Lipinski definition) is 2. The second-order valence-corrected chi connectivity index (χ2v) is 3.96. The number of amides is 1. The van der Waals surface area contributed by atoms with Crippen LogP contribution in [0.5, 0.6) is 0 Å². The fourth-order valence-corrected chi connectivity index (χ4v) is 2.16. The van der Waals surface area contributed by atoms with Crippen molar-refractivity contribution in [3.05, 3.63) is 0 Å². The van der Waals surface area contributed by atoms with Crippen LogP contribution in [0.25, 0.3) is 0 Å². The summed E-state index contributed by atoms with van der Waals surface area (Å²) in [5.41, 5.74) is 0. The molecule has 3 nitrogen and oxygen atoms in total. The fourth-order valence-electron chi connectivity index (χ4n) is 2.16. The molecule has 2 atom stereocenters. The summed E-state index contributed by atoms with van der Waals surface area (Å²) in [5.74, 6) is 0.238. The summed E-state index contributed by atoms with van der Waals surface area (Å²) < 4.78 is 0. The van der Waals surface area contributed by atoms with Gasteiger partial charge in [-0.1, -0.05) is 0 Å². The van der Waals surface area contributed by atoms with E-state index in [1.165, 1.54) is 6.42 Å². The van der Waals surface area contributed by atoms with Crippen LogP contribution in [0.4, 0.5) is 0 Å². The van der Waals surface area contributed by atoms with Crippen LogP contribution in [0.15, 0.2) is 0 Å². The molecule has 0 aromatic heterocycles. The zero-order valence-electron chi connectivity index (χ0n) is 8.84. The highest BCUT2D eigenvalue weighted by atomic mass is 16.2. The lowest BCUT2D eigenvalue weighted by Crippen LogP contribution is -2.50. The SMILES string of the molecule is CNCC(=O)N1[C@H](C)CCC[C@@H]1C. The van der Waals surface area contributed by atoms with Crippen molar-refractivity contribution >= 4 is 5.91 Å². The van der Waals surface area contributed by atoms with E-state index < -0.39 is 0 Å². The van der Waals surface area contributed by atoms with Crippen molar-refractivity contribution in [3.63, 3.8) is 0 Å². The van der Waals surface area contributed by atoms with E-state index in [4.69, 9.17) is 0 Å². The predicted octanol–water partition coefficient (Wildman–Crippen LogP) is 0.995. The average molecular weight is 184 g/mol. The van der Waals surface area contributed by atoms with Crippen molar-refractivity contribution in [3.8, 4) is 0 Å². The summed E-state index contributed by atoms with van der Waals surface area (Å²) in [6, 6.07) is 0.842. The van der Waals surface area contributed by atoms with E-state index in [0.29, 0.717) is 18.6 Å². The summed E-state index contributed by atoms with van der Waals surface area (Å²) >= 11 is 0. The number of likely N-dealkylation sites (N-methyl/N-ethyl adjacent to an activating group) is 1. The molecule has 0 aliphatic carbocycles. The molecule has 3 heteroatoms. The molecule has 0 aromatic carbocycles. The van der Waals surface area contributed by atoms with Crippen molar-refractivity contribution in [2.75, 3.05) is 13.6 Å². The Morgan fingerprint density at radius 1 is 1.38 bits per heavy atom. The number of rotatable bonds is 2. The third-order valence-corrected chi connectivity index (χ3v) is 2.81. The van der Waals surface area contributed by atoms with Gasteiger partial charge in [0.25, 0.3) is 0 Å². The first-order valence-corrected chi connectivity index (χ1v) is 5.12. The topological polar surface area (TPSA) is 32.3 Å². The Hall–Kier alpha value is -0.570. The van der Waals surface area contributed by atoms with Gasteiger partial charge < -0.3 is 10.2 Å². The maximum absolute atomic E-state index is 11.7. The highest BCUT2D eigenvalue weighted by Gasteiger charge is 2.27. The summed E-state index contributed by atoms with van der Waals surface area (Å²) in [6.45, 7) is 4.75. The van der Waals surface area contributed by atoms with Crippen LogP contribution in [-0.4, -0.2) is 36.5 Å². The van der Waals surface area contributed by atoms with Crippen LogP contribution in [0, 0.1) is 0 Å². The number of nitrogens with one attached hydrogen (secondary N) is 1. The average Bonchev–Trinajstić information content (AvgIpc) is 2.04. The molecule has 1 aliphatic heterocycles. The van der Waals surface area contributed by atoms with Gasteiger partial charge in [0, 0.05) is 12.1 Å². The molecule has 0 bridgehead atoms. The maximum Gasteiger partial charge on any atom is 0.236 e. The van der Waals surface area contributed by atoms with E-state index in [9.17, 15) is 4.79 Å². The van der Waals surface area contributed by atoms with E-state index in [1.807, 2.05) is 11.9 Å². The summed E-state index contributed by atoms with van der Waals surface area (Å²) in [4.78, 5) is 13.7. The fraction of sp³-hybridized carbons (Fsp3) is 0.900. The molecule has 0 unspecified atom stereocenters. The Morgan fingerprint density at radius 3 is 2.38 bits per heavy atom. The van der Waals surface area contributed by atoms with E-state index in [1.54, 1.807) is 0 Å². The van der Waals surface area contributed by atoms with E-state index in [0.717, 1.165) is 12.8 Å². The van der Waals surface area contributed by atoms with E-state index in [2.05, 4.69) is 19.2 Å². The number of hydrogen-bond donors (Lipinski definition) is 1. The van der Waals surface area contributed by atoms with Crippen LogP contribution < -0.4 is 5.32 Å². The van der Waals surface area contributed by atoms with Gasteiger partial charge in [0.05, 0.1) is 6.54 Å². The lowest BCUT2D eigenvalue weighted by atomic mass is 9.97. The van der Waals surface area contributed by atoms with Gasteiger partial charge in [0.2, 0.25) is 5.91 Å². The van der Waals surface area contributed by atoms with Gasteiger partial charge in [0.15, 0.2) is 0 Å². The Kier molecular flexibility index (Phi) is 3.72. The standard InChI is InChI=1S/C10H20N2O/c1-8-5-4-6-9(2)12(8)10(13)7-11-3/h8-9,11H,4-7H2,1-3H3/t8-,9+. The van der Waals surface area contributed by atoms with Crippen LogP contribution in [0.3, 0.4) is 0 Å². The Balaban J connectivity index is 2.57. The molecule has 1 amide bonds. The van der Waals surface area contributed by atoms with Gasteiger partial charge in [-0.05, 0) is 40.2 Å². The molecule has 0 radical (unpaired) electrons. The lowest BCUT2D eigenvalue weighted by molar-refractivity contribution is -0.136. The number of piperidine rings is 1. The second kappa shape index (κ2) is 4.61. The Labute approximate surface area is 80.5 Å². The summed E-state index contributed by atoms with van der Waals surface area (Å²) in [5, 5.41) is 2.91. The molecule has 0 aromatic rings. The normalized spacial score (nSPS) is 29.0. The molecule has 1 saturated heterocycles. The molecule has 0 spiro atoms. The zero-order valence-corrected chi connectivity index (χ0v) is 8.84. The van der Waals surface area contributed by atoms with Crippen LogP contribution in [0.2, 0.25) is 0 Å². The third-order valence-electron chi connectivity index (χ3n) is 2.81. The smallest absolute Gasteiger partial charge is 0.236 e. The molecular weight excluding hydrogens is 164 g/mol. The highest BCUT2D eigenvalue weighted by Crippen LogP contribution is 2.22. The van der Waals surface area contributed by atoms with Gasteiger partial charge in [-0.3, -0.25) is 4.79 Å². The van der Waals surface area contributed by atoms with Crippen molar-refractivity contribution in [1.82, 2.24) is 10.2 Å². The molecule has 76 valence electrons. The number of carbonyl (C=O) groups is 1. The van der Waals surface area contributed by atoms with Crippen molar-refractivity contribution in [2.24, 2.45) is 0 Å². The van der Waals surface area contributed by atoms with Gasteiger partial charge >= 0.3 is 0 Å². The lowest BCUT2D eigenvalue weighted by Gasteiger charge is -2.39. The minimum absolute atomic E-state index is 0.238. The molecule has 1 rings (SSSR count). The van der Waals surface area contributed by atoms with Gasteiger partial charge in [-0.2, -0.15) is 0 Å². The van der Waals surface area contributed by atoms with Crippen LogP contribution in [-0.2, 0) is 4.79 Å². The molecule has 0 saturated carbocycles. The van der Waals surface area contributed by atoms with E-state index in [-0.39, 0.29) is 5.91 Å². The minimum atomic E-state index is 0.238. The predicted molar refractivity (Wildman–Crippen MR) is 53.5 cm³/mol. The highest BCUT2D eigenvalue weighted by molar-refractivity contribution is 5.79. The Morgan fingerprint density at radius 2 is 1.92 bits per heavy atom. The maximum atomic E-state index is 11.7. The summed E-state index contributed by atoms with van der Waals surface area (Å²) in [7, 11) is 1.82. The third kappa shape index (κ3) is 2.44. The molecular formula is C10H20N2O. The first kappa shape index (κ1) is 10.5. The molecule has 13 heavy (non-hydrogen) atoms. The van der Waals surface area contributed by atoms with Gasteiger partial charge in [0.1, 0.15) is 0 Å².